The first kappa shape index (κ1) is 5.38. The van der Waals surface area contributed by atoms with Crippen LogP contribution < -0.4 is 5.73 Å². The molecule has 0 aliphatic rings. The van der Waals surface area contributed by atoms with Gasteiger partial charge in [-0.3, -0.25) is 4.98 Å². The lowest BCUT2D eigenvalue weighted by Gasteiger charge is -1.99. The van der Waals surface area contributed by atoms with Gasteiger partial charge in [-0.2, -0.15) is 0 Å². The van der Waals surface area contributed by atoms with Gasteiger partial charge in [0.2, 0.25) is 0 Å². The molecular weight excluding hydrogens is 172 g/mol. The first-order valence-electron chi connectivity index (χ1n) is 4.41. The van der Waals surface area contributed by atoms with Crippen molar-refractivity contribution in [1.29, 1.82) is 0 Å². The number of halogens is 1. The van der Waals surface area contributed by atoms with Crippen LogP contribution in [0.15, 0.2) is 30.4 Å². The third kappa shape index (κ3) is 1.10. The van der Waals surface area contributed by atoms with Crippen molar-refractivity contribution in [2.75, 3.05) is 5.73 Å². The van der Waals surface area contributed by atoms with Crippen molar-refractivity contribution in [3.05, 3.63) is 35.4 Å². The zero-order chi connectivity index (χ0) is 10.3. The van der Waals surface area contributed by atoms with E-state index in [2.05, 4.69) is 4.98 Å². The van der Waals surface area contributed by atoms with Gasteiger partial charge in [0.05, 0.1) is 8.26 Å². The highest BCUT2D eigenvalue weighted by Gasteiger charge is 1.97. The van der Waals surface area contributed by atoms with Crippen molar-refractivity contribution in [1.82, 2.24) is 4.98 Å². The van der Waals surface area contributed by atoms with E-state index in [9.17, 15) is 0 Å². The standard InChI is InChI=1S/C9H7ClN2/c10-6-1-2-7-8(11)3-4-12-9(7)5-6/h1-5H,(H2,11,12)/i2D,4D. The number of nitrogens with two attached hydrogens (primary N) is 1. The highest BCUT2D eigenvalue weighted by molar-refractivity contribution is 6.31. The summed E-state index contributed by atoms with van der Waals surface area (Å²) in [6.07, 6.45) is 0.0802. The van der Waals surface area contributed by atoms with E-state index in [0.717, 1.165) is 0 Å². The van der Waals surface area contributed by atoms with Crippen molar-refractivity contribution >= 4 is 28.2 Å². The molecule has 1 aromatic heterocycles. The molecule has 2 aromatic rings. The molecule has 60 valence electrons. The molecule has 0 aliphatic heterocycles. The lowest BCUT2D eigenvalue weighted by molar-refractivity contribution is 1.41. The van der Waals surface area contributed by atoms with Crippen LogP contribution in [0.25, 0.3) is 10.9 Å². The second-order valence-corrected chi connectivity index (χ2v) is 2.86. The van der Waals surface area contributed by atoms with Gasteiger partial charge in [-0.25, -0.2) is 0 Å². The molecule has 0 atom stereocenters. The molecule has 0 radical (unpaired) electrons. The molecule has 0 spiro atoms. The van der Waals surface area contributed by atoms with Crippen molar-refractivity contribution < 1.29 is 2.74 Å². The SMILES string of the molecule is [2H]c1cc(N)c2c([2H])cc(Cl)cc2n1. The largest absolute Gasteiger partial charge is 0.398 e. The minimum Gasteiger partial charge on any atom is -0.398 e. The van der Waals surface area contributed by atoms with Crippen LogP contribution in [-0.4, -0.2) is 4.98 Å². The number of aromatic nitrogens is 1. The van der Waals surface area contributed by atoms with Crippen LogP contribution in [0.2, 0.25) is 5.02 Å². The summed E-state index contributed by atoms with van der Waals surface area (Å²) in [6.45, 7) is 0. The van der Waals surface area contributed by atoms with E-state index >= 15 is 0 Å². The number of pyridine rings is 1. The third-order valence-corrected chi connectivity index (χ3v) is 1.80. The molecule has 0 fully saturated rings. The first-order valence-corrected chi connectivity index (χ1v) is 3.78. The molecule has 12 heavy (non-hydrogen) atoms. The summed E-state index contributed by atoms with van der Waals surface area (Å²) in [5, 5.41) is 0.977. The van der Waals surface area contributed by atoms with E-state index < -0.39 is 0 Å². The maximum atomic E-state index is 7.65. The number of hydrogen-bond donors (Lipinski definition) is 1. The number of benzene rings is 1. The third-order valence-electron chi connectivity index (χ3n) is 1.58. The highest BCUT2D eigenvalue weighted by atomic mass is 35.5. The van der Waals surface area contributed by atoms with Gasteiger partial charge >= 0.3 is 0 Å². The van der Waals surface area contributed by atoms with Gasteiger partial charge in [-0.15, -0.1) is 0 Å². The number of anilines is 1. The number of nitrogens with zero attached hydrogens (tertiary/aromatic N) is 1. The van der Waals surface area contributed by atoms with Crippen molar-refractivity contribution in [3.8, 4) is 0 Å². The minimum atomic E-state index is 0.0802. The Morgan fingerprint density at radius 2 is 2.33 bits per heavy atom. The van der Waals surface area contributed by atoms with Crippen molar-refractivity contribution in [2.45, 2.75) is 0 Å². The highest BCUT2D eigenvalue weighted by Crippen LogP contribution is 2.21. The summed E-state index contributed by atoms with van der Waals surface area (Å²) in [7, 11) is 0. The van der Waals surface area contributed by atoms with Crippen LogP contribution >= 0.6 is 11.6 Å². The van der Waals surface area contributed by atoms with E-state index in [1.807, 2.05) is 0 Å². The van der Waals surface area contributed by atoms with Crippen molar-refractivity contribution in [3.63, 3.8) is 0 Å². The number of fused-ring (bicyclic) bond motifs is 1. The molecule has 2 N–H and O–H groups in total. The van der Waals surface area contributed by atoms with Gasteiger partial charge in [0.1, 0.15) is 0 Å². The molecule has 0 unspecified atom stereocenters. The van der Waals surface area contributed by atoms with Crippen LogP contribution in [0.3, 0.4) is 0 Å². The average molecular weight is 181 g/mol. The Morgan fingerprint density at radius 3 is 3.17 bits per heavy atom. The molecule has 3 heteroatoms. The molecule has 2 rings (SSSR count). The number of hydrogen-bond acceptors (Lipinski definition) is 2. The van der Waals surface area contributed by atoms with Crippen LogP contribution in [0.5, 0.6) is 0 Å². The molecule has 0 saturated carbocycles. The summed E-state index contributed by atoms with van der Waals surface area (Å²) in [4.78, 5) is 3.94. The Hall–Kier alpha value is -1.28. The van der Waals surface area contributed by atoms with E-state index in [1.165, 1.54) is 12.1 Å². The average Bonchev–Trinajstić information content (AvgIpc) is 1.99. The monoisotopic (exact) mass is 180 g/mol. The van der Waals surface area contributed by atoms with Gasteiger partial charge < -0.3 is 5.73 Å². The molecule has 1 aromatic carbocycles. The zero-order valence-corrected chi connectivity index (χ0v) is 6.89. The van der Waals surface area contributed by atoms with E-state index in [4.69, 9.17) is 20.1 Å². The fourth-order valence-corrected chi connectivity index (χ4v) is 1.18. The van der Waals surface area contributed by atoms with Crippen LogP contribution in [0.1, 0.15) is 2.74 Å². The van der Waals surface area contributed by atoms with E-state index in [1.54, 1.807) is 6.07 Å². The maximum absolute atomic E-state index is 7.65. The molecule has 0 saturated heterocycles. The topological polar surface area (TPSA) is 38.9 Å². The Balaban J connectivity index is 2.94. The fourth-order valence-electron chi connectivity index (χ4n) is 1.02. The van der Waals surface area contributed by atoms with Gasteiger partial charge in [0, 0.05) is 22.3 Å². The lowest BCUT2D eigenvalue weighted by atomic mass is 10.2. The van der Waals surface area contributed by atoms with Crippen LogP contribution in [-0.2, 0) is 0 Å². The second kappa shape index (κ2) is 2.64. The van der Waals surface area contributed by atoms with Crippen molar-refractivity contribution in [2.24, 2.45) is 0 Å². The summed E-state index contributed by atoms with van der Waals surface area (Å²) < 4.78 is 15.0. The Kier molecular flexibility index (Phi) is 1.19. The Bertz CT molecular complexity index is 471. The van der Waals surface area contributed by atoms with Gasteiger partial charge in [-0.05, 0) is 24.2 Å². The van der Waals surface area contributed by atoms with Gasteiger partial charge in [0.15, 0.2) is 0 Å². The summed E-state index contributed by atoms with van der Waals surface area (Å²) in [5.74, 6) is 0. The predicted octanol–water partition coefficient (Wildman–Crippen LogP) is 2.47. The van der Waals surface area contributed by atoms with Crippen LogP contribution in [0, 0.1) is 0 Å². The van der Waals surface area contributed by atoms with Gasteiger partial charge in [0.25, 0.3) is 0 Å². The fraction of sp³-hybridized carbons (Fsp3) is 0. The Labute approximate surface area is 77.8 Å². The molecule has 0 aliphatic carbocycles. The lowest BCUT2D eigenvalue weighted by Crippen LogP contribution is -1.87. The molecular formula is C9H7ClN2. The minimum absolute atomic E-state index is 0.0802. The molecule has 1 heterocycles. The second-order valence-electron chi connectivity index (χ2n) is 2.42. The normalized spacial score (nSPS) is 12.8. The molecule has 2 nitrogen and oxygen atoms in total. The predicted molar refractivity (Wildman–Crippen MR) is 51.2 cm³/mol. The smallest absolute Gasteiger partial charge is 0.0841 e. The number of rotatable bonds is 0. The molecule has 0 bridgehead atoms. The van der Waals surface area contributed by atoms with E-state index in [0.29, 0.717) is 21.6 Å². The van der Waals surface area contributed by atoms with E-state index in [-0.39, 0.29) is 12.2 Å². The van der Waals surface area contributed by atoms with Gasteiger partial charge in [-0.1, -0.05) is 11.6 Å². The Morgan fingerprint density at radius 1 is 1.50 bits per heavy atom. The maximum Gasteiger partial charge on any atom is 0.0841 e. The first-order chi connectivity index (χ1) is 6.58. The zero-order valence-electron chi connectivity index (χ0n) is 8.13. The van der Waals surface area contributed by atoms with Crippen LogP contribution in [0.4, 0.5) is 5.69 Å². The number of nitrogen functional groups attached to an aromatic ring is 1. The summed E-state index contributed by atoms with van der Waals surface area (Å²) in [6, 6.07) is 4.76. The summed E-state index contributed by atoms with van der Waals surface area (Å²) in [5.41, 5.74) is 6.57. The summed E-state index contributed by atoms with van der Waals surface area (Å²) >= 11 is 5.77. The molecule has 0 amide bonds. The quantitative estimate of drug-likeness (QED) is 0.677.